The molecule has 1 aromatic carbocycles. The molecule has 0 fully saturated rings. The van der Waals surface area contributed by atoms with Crippen molar-refractivity contribution in [1.82, 2.24) is 0 Å². The summed E-state index contributed by atoms with van der Waals surface area (Å²) in [5.41, 5.74) is 0.667. The molecule has 1 aliphatic rings. The zero-order valence-electron chi connectivity index (χ0n) is 8.57. The highest BCUT2D eigenvalue weighted by molar-refractivity contribution is 5.95. The number of hydrogen-bond acceptors (Lipinski definition) is 3. The van der Waals surface area contributed by atoms with Gasteiger partial charge >= 0.3 is 5.97 Å². The number of carbonyl (C=O) groups is 1. The molecule has 1 radical (unpaired) electrons. The summed E-state index contributed by atoms with van der Waals surface area (Å²) in [6.45, 7) is 2.84. The minimum atomic E-state index is -0.967. The van der Waals surface area contributed by atoms with E-state index in [0.29, 0.717) is 11.3 Å². The molecule has 0 aromatic heterocycles. The van der Waals surface area contributed by atoms with E-state index in [0.717, 1.165) is 0 Å². The van der Waals surface area contributed by atoms with Crippen LogP contribution in [-0.4, -0.2) is 11.8 Å². The minimum Gasteiger partial charge on any atom is -0.452 e. The number of fused-ring (bicyclic) bond motifs is 1. The van der Waals surface area contributed by atoms with Gasteiger partial charge in [0.25, 0.3) is 0 Å². The first-order chi connectivity index (χ1) is 7.03. The summed E-state index contributed by atoms with van der Waals surface area (Å²) in [6.07, 6.45) is 0. The van der Waals surface area contributed by atoms with Gasteiger partial charge in [-0.1, -0.05) is 12.1 Å². The Morgan fingerprint density at radius 1 is 1.27 bits per heavy atom. The molecule has 15 heavy (non-hydrogen) atoms. The van der Waals surface area contributed by atoms with E-state index >= 15 is 0 Å². The molecule has 0 saturated heterocycles. The fourth-order valence-corrected chi connectivity index (χ4v) is 1.57. The maximum absolute atomic E-state index is 11.6. The molecule has 0 spiro atoms. The lowest BCUT2D eigenvalue weighted by Gasteiger charge is -2.32. The van der Waals surface area contributed by atoms with Crippen LogP contribution in [0.25, 0.3) is 0 Å². The Hall–Kier alpha value is -1.55. The first kappa shape index (κ1) is 9.98. The molecule has 0 amide bonds. The van der Waals surface area contributed by atoms with Crippen molar-refractivity contribution in [2.45, 2.75) is 26.2 Å². The second-order valence-electron chi connectivity index (χ2n) is 3.83. The number of benzene rings is 1. The van der Waals surface area contributed by atoms with E-state index in [1.165, 1.54) is 0 Å². The fourth-order valence-electron chi connectivity index (χ4n) is 1.57. The van der Waals surface area contributed by atoms with Crippen molar-refractivity contribution < 1.29 is 19.4 Å². The van der Waals surface area contributed by atoms with Gasteiger partial charge in [0.05, 0.1) is 0 Å². The lowest BCUT2D eigenvalue weighted by atomic mass is 10.1. The summed E-state index contributed by atoms with van der Waals surface area (Å²) in [6, 6.07) is 4.96. The molecule has 0 saturated carbocycles. The van der Waals surface area contributed by atoms with Gasteiger partial charge in [-0.2, -0.15) is 0 Å². The first-order valence-corrected chi connectivity index (χ1v) is 4.66. The van der Waals surface area contributed by atoms with Crippen molar-refractivity contribution in [3.8, 4) is 5.75 Å². The molecule has 0 atom stereocenters. The first-order valence-electron chi connectivity index (χ1n) is 4.66. The Morgan fingerprint density at radius 2 is 2.00 bits per heavy atom. The van der Waals surface area contributed by atoms with Crippen LogP contribution in [0.15, 0.2) is 18.2 Å². The van der Waals surface area contributed by atoms with Crippen LogP contribution in [0.1, 0.15) is 29.8 Å². The van der Waals surface area contributed by atoms with E-state index in [1.54, 1.807) is 32.0 Å². The lowest BCUT2D eigenvalue weighted by Crippen LogP contribution is -2.39. The van der Waals surface area contributed by atoms with E-state index < -0.39 is 18.4 Å². The van der Waals surface area contributed by atoms with Gasteiger partial charge in [0, 0.05) is 13.8 Å². The van der Waals surface area contributed by atoms with Gasteiger partial charge in [-0.05, 0) is 11.6 Å². The SMILES string of the molecule is CC1(C)OC(=O)c2c(C[O])cccc2O1. The summed E-state index contributed by atoms with van der Waals surface area (Å²) < 4.78 is 10.5. The Balaban J connectivity index is 2.54. The summed E-state index contributed by atoms with van der Waals surface area (Å²) in [5.74, 6) is -1.04. The highest BCUT2D eigenvalue weighted by atomic mass is 16.7. The quantitative estimate of drug-likeness (QED) is 0.661. The van der Waals surface area contributed by atoms with Gasteiger partial charge < -0.3 is 9.47 Å². The predicted octanol–water partition coefficient (Wildman–Crippen LogP) is 1.90. The molecule has 79 valence electrons. The van der Waals surface area contributed by atoms with Crippen molar-refractivity contribution in [3.05, 3.63) is 29.3 Å². The standard InChI is InChI=1S/C11H11O4/c1-11(2)14-8-5-3-4-7(6-12)9(8)10(13)15-11/h3-5H,6H2,1-2H3. The van der Waals surface area contributed by atoms with Gasteiger partial charge in [-0.3, -0.25) is 0 Å². The normalized spacial score (nSPS) is 17.7. The maximum atomic E-state index is 11.6. The molecule has 0 N–H and O–H groups in total. The fraction of sp³-hybridized carbons (Fsp3) is 0.364. The lowest BCUT2D eigenvalue weighted by molar-refractivity contribution is -0.127. The van der Waals surface area contributed by atoms with Crippen LogP contribution in [0.5, 0.6) is 5.75 Å². The van der Waals surface area contributed by atoms with Crippen LogP contribution < -0.4 is 4.74 Å². The minimum absolute atomic E-state index is 0.256. The highest BCUT2D eigenvalue weighted by Crippen LogP contribution is 2.33. The third kappa shape index (κ3) is 1.68. The Labute approximate surface area is 87.4 Å². The van der Waals surface area contributed by atoms with Crippen LogP contribution in [-0.2, 0) is 16.5 Å². The summed E-state index contributed by atoms with van der Waals surface area (Å²) in [4.78, 5) is 11.6. The van der Waals surface area contributed by atoms with Gasteiger partial charge in [-0.25, -0.2) is 9.90 Å². The van der Waals surface area contributed by atoms with Crippen molar-refractivity contribution in [2.24, 2.45) is 0 Å². The smallest absolute Gasteiger partial charge is 0.345 e. The van der Waals surface area contributed by atoms with E-state index in [1.807, 2.05) is 0 Å². The van der Waals surface area contributed by atoms with E-state index in [9.17, 15) is 9.90 Å². The second-order valence-corrected chi connectivity index (χ2v) is 3.83. The average Bonchev–Trinajstić information content (AvgIpc) is 2.14. The Morgan fingerprint density at radius 3 is 2.67 bits per heavy atom. The number of rotatable bonds is 1. The number of carbonyl (C=O) groups excluding carboxylic acids is 1. The van der Waals surface area contributed by atoms with Crippen LogP contribution in [0.2, 0.25) is 0 Å². The molecule has 1 aromatic rings. The van der Waals surface area contributed by atoms with Crippen LogP contribution in [0, 0.1) is 0 Å². The predicted molar refractivity (Wildman–Crippen MR) is 51.0 cm³/mol. The Kier molecular flexibility index (Phi) is 2.16. The molecule has 0 unspecified atom stereocenters. The number of hydrogen-bond donors (Lipinski definition) is 0. The third-order valence-corrected chi connectivity index (χ3v) is 2.17. The maximum Gasteiger partial charge on any atom is 0.345 e. The molecule has 2 rings (SSSR count). The molecule has 0 bridgehead atoms. The zero-order chi connectivity index (χ0) is 11.1. The topological polar surface area (TPSA) is 55.4 Å². The molecule has 4 nitrogen and oxygen atoms in total. The van der Waals surface area contributed by atoms with Gasteiger partial charge in [0.2, 0.25) is 5.79 Å². The number of esters is 1. The molecule has 1 heterocycles. The monoisotopic (exact) mass is 207 g/mol. The third-order valence-electron chi connectivity index (χ3n) is 2.17. The van der Waals surface area contributed by atoms with Crippen LogP contribution >= 0.6 is 0 Å². The van der Waals surface area contributed by atoms with E-state index in [-0.39, 0.29) is 5.56 Å². The van der Waals surface area contributed by atoms with Crippen molar-refractivity contribution in [1.29, 1.82) is 0 Å². The van der Waals surface area contributed by atoms with E-state index in [4.69, 9.17) is 9.47 Å². The van der Waals surface area contributed by atoms with Crippen LogP contribution in [0.3, 0.4) is 0 Å². The average molecular weight is 207 g/mol. The van der Waals surface area contributed by atoms with Crippen molar-refractivity contribution in [3.63, 3.8) is 0 Å². The summed E-state index contributed by atoms with van der Waals surface area (Å²) in [7, 11) is 0. The number of ether oxygens (including phenoxy) is 2. The second kappa shape index (κ2) is 3.24. The Bertz CT molecular complexity index is 409. The van der Waals surface area contributed by atoms with E-state index in [2.05, 4.69) is 0 Å². The zero-order valence-corrected chi connectivity index (χ0v) is 8.57. The van der Waals surface area contributed by atoms with Crippen molar-refractivity contribution in [2.75, 3.05) is 0 Å². The molecule has 0 aliphatic carbocycles. The van der Waals surface area contributed by atoms with Gasteiger partial charge in [0.15, 0.2) is 0 Å². The molecular weight excluding hydrogens is 196 g/mol. The van der Waals surface area contributed by atoms with Crippen LogP contribution in [0.4, 0.5) is 0 Å². The summed E-state index contributed by atoms with van der Waals surface area (Å²) in [5, 5.41) is 10.8. The highest BCUT2D eigenvalue weighted by Gasteiger charge is 2.35. The molecule has 4 heteroatoms. The summed E-state index contributed by atoms with van der Waals surface area (Å²) >= 11 is 0. The van der Waals surface area contributed by atoms with Gasteiger partial charge in [0.1, 0.15) is 17.9 Å². The number of cyclic esters (lactones) is 1. The molecule has 1 aliphatic heterocycles. The molecular formula is C11H11O4. The largest absolute Gasteiger partial charge is 0.452 e. The van der Waals surface area contributed by atoms with Gasteiger partial charge in [-0.15, -0.1) is 0 Å². The van der Waals surface area contributed by atoms with Crippen molar-refractivity contribution >= 4 is 5.97 Å².